The molecular weight excluding hydrogens is 415 g/mol. The molecule has 0 aliphatic rings. The summed E-state index contributed by atoms with van der Waals surface area (Å²) in [5, 5.41) is 2.61. The molecule has 0 saturated heterocycles. The standard InChI is InChI=1S/C29H44ClP/c1-18(2)21-16-23(19(3)4)26(24(17-21)20(5)6)22-14-13-15-25(30)27(22)31(28(7,8)9)29(10,11)12/h13-20H,1-12H3. The Balaban J connectivity index is 3.04. The summed E-state index contributed by atoms with van der Waals surface area (Å²) < 4.78 is 0. The highest BCUT2D eigenvalue weighted by Gasteiger charge is 2.39. The smallest absolute Gasteiger partial charge is 0.0489 e. The fourth-order valence-corrected chi connectivity index (χ4v) is 9.39. The van der Waals surface area contributed by atoms with Crippen LogP contribution in [0.15, 0.2) is 30.3 Å². The van der Waals surface area contributed by atoms with Crippen LogP contribution in [-0.2, 0) is 0 Å². The minimum absolute atomic E-state index is 0.154. The van der Waals surface area contributed by atoms with Gasteiger partial charge in [0, 0.05) is 10.3 Å². The summed E-state index contributed by atoms with van der Waals surface area (Å²) in [6, 6.07) is 11.5. The van der Waals surface area contributed by atoms with E-state index in [2.05, 4.69) is 113 Å². The van der Waals surface area contributed by atoms with Gasteiger partial charge < -0.3 is 0 Å². The Morgan fingerprint density at radius 1 is 0.710 bits per heavy atom. The minimum atomic E-state index is -0.518. The maximum atomic E-state index is 7.05. The van der Waals surface area contributed by atoms with Crippen molar-refractivity contribution in [3.05, 3.63) is 52.0 Å². The average molecular weight is 459 g/mol. The molecule has 2 rings (SSSR count). The van der Waals surface area contributed by atoms with Gasteiger partial charge in [-0.15, -0.1) is 0 Å². The highest BCUT2D eigenvalue weighted by Crippen LogP contribution is 2.61. The van der Waals surface area contributed by atoms with E-state index in [1.54, 1.807) is 0 Å². The first kappa shape index (κ1) is 26.4. The van der Waals surface area contributed by atoms with Crippen molar-refractivity contribution in [3.8, 4) is 11.1 Å². The van der Waals surface area contributed by atoms with E-state index in [0.717, 1.165) is 5.02 Å². The zero-order valence-electron chi connectivity index (χ0n) is 21.9. The topological polar surface area (TPSA) is 0 Å². The molecule has 0 aliphatic heterocycles. The summed E-state index contributed by atoms with van der Waals surface area (Å²) in [5.74, 6) is 1.42. The molecule has 0 N–H and O–H groups in total. The number of benzene rings is 2. The highest BCUT2D eigenvalue weighted by atomic mass is 35.5. The fourth-order valence-electron chi connectivity index (χ4n) is 4.89. The number of hydrogen-bond acceptors (Lipinski definition) is 0. The fraction of sp³-hybridized carbons (Fsp3) is 0.586. The lowest BCUT2D eigenvalue weighted by atomic mass is 9.82. The Morgan fingerprint density at radius 3 is 1.52 bits per heavy atom. The summed E-state index contributed by atoms with van der Waals surface area (Å²) in [6.07, 6.45) is 0. The van der Waals surface area contributed by atoms with Crippen LogP contribution in [-0.4, -0.2) is 10.3 Å². The molecule has 0 amide bonds. The van der Waals surface area contributed by atoms with Crippen molar-refractivity contribution in [3.63, 3.8) is 0 Å². The molecule has 0 fully saturated rings. The highest BCUT2D eigenvalue weighted by molar-refractivity contribution is 7.69. The third kappa shape index (κ3) is 5.75. The van der Waals surface area contributed by atoms with Crippen LogP contribution in [0, 0.1) is 0 Å². The second-order valence-corrected chi connectivity index (χ2v) is 16.1. The van der Waals surface area contributed by atoms with Gasteiger partial charge in [0.15, 0.2) is 0 Å². The average Bonchev–Trinajstić information content (AvgIpc) is 2.59. The van der Waals surface area contributed by atoms with Gasteiger partial charge in [0.05, 0.1) is 0 Å². The first-order chi connectivity index (χ1) is 14.1. The first-order valence-corrected chi connectivity index (χ1v) is 13.6. The molecule has 0 spiro atoms. The van der Waals surface area contributed by atoms with Gasteiger partial charge in [0.2, 0.25) is 0 Å². The van der Waals surface area contributed by atoms with Crippen LogP contribution in [0.25, 0.3) is 11.1 Å². The van der Waals surface area contributed by atoms with Gasteiger partial charge in [-0.25, -0.2) is 0 Å². The largest absolute Gasteiger partial charge is 0.0836 e. The van der Waals surface area contributed by atoms with E-state index in [1.165, 1.54) is 33.1 Å². The van der Waals surface area contributed by atoms with E-state index >= 15 is 0 Å². The van der Waals surface area contributed by atoms with Crippen molar-refractivity contribution in [2.45, 2.75) is 111 Å². The zero-order valence-corrected chi connectivity index (χ0v) is 23.6. The first-order valence-electron chi connectivity index (χ1n) is 11.8. The Labute approximate surface area is 198 Å². The third-order valence-corrected chi connectivity index (χ3v) is 10.0. The lowest BCUT2D eigenvalue weighted by Gasteiger charge is -2.43. The molecule has 0 aromatic heterocycles. The molecule has 0 bridgehead atoms. The van der Waals surface area contributed by atoms with Crippen LogP contribution < -0.4 is 5.30 Å². The summed E-state index contributed by atoms with van der Waals surface area (Å²) in [7, 11) is -0.518. The summed E-state index contributed by atoms with van der Waals surface area (Å²) in [6.45, 7) is 28.2. The van der Waals surface area contributed by atoms with E-state index < -0.39 is 7.92 Å². The Bertz CT molecular complexity index is 864. The molecule has 0 atom stereocenters. The minimum Gasteiger partial charge on any atom is -0.0836 e. The SMILES string of the molecule is CC(C)c1cc(C(C)C)c(-c2cccc(Cl)c2P(C(C)(C)C)C(C)(C)C)c(C(C)C)c1. The van der Waals surface area contributed by atoms with Crippen LogP contribution >= 0.6 is 19.5 Å². The maximum absolute atomic E-state index is 7.05. The van der Waals surface area contributed by atoms with E-state index in [0.29, 0.717) is 17.8 Å². The van der Waals surface area contributed by atoms with Crippen LogP contribution in [0.3, 0.4) is 0 Å². The van der Waals surface area contributed by atoms with E-state index in [-0.39, 0.29) is 10.3 Å². The van der Waals surface area contributed by atoms with Gasteiger partial charge in [-0.05, 0) is 61.9 Å². The summed E-state index contributed by atoms with van der Waals surface area (Å²) in [5.41, 5.74) is 7.13. The molecule has 2 heteroatoms. The van der Waals surface area contributed by atoms with Gasteiger partial charge in [-0.2, -0.15) is 0 Å². The van der Waals surface area contributed by atoms with E-state index in [4.69, 9.17) is 11.6 Å². The molecule has 31 heavy (non-hydrogen) atoms. The van der Waals surface area contributed by atoms with Crippen LogP contribution in [0.4, 0.5) is 0 Å². The number of hydrogen-bond donors (Lipinski definition) is 0. The second kappa shape index (κ2) is 9.57. The Morgan fingerprint density at radius 2 is 1.16 bits per heavy atom. The predicted molar refractivity (Wildman–Crippen MR) is 145 cm³/mol. The molecule has 0 heterocycles. The second-order valence-electron chi connectivity index (χ2n) is 11.9. The van der Waals surface area contributed by atoms with Crippen molar-refractivity contribution in [1.82, 2.24) is 0 Å². The van der Waals surface area contributed by atoms with Gasteiger partial charge in [0.1, 0.15) is 0 Å². The maximum Gasteiger partial charge on any atom is 0.0489 e. The summed E-state index contributed by atoms with van der Waals surface area (Å²) in [4.78, 5) is 0. The van der Waals surface area contributed by atoms with Gasteiger partial charge in [-0.3, -0.25) is 0 Å². The molecule has 2 aromatic rings. The normalized spacial score (nSPS) is 13.2. The molecule has 172 valence electrons. The lowest BCUT2D eigenvalue weighted by molar-refractivity contribution is 0.715. The molecule has 0 radical (unpaired) electrons. The van der Waals surface area contributed by atoms with Crippen LogP contribution in [0.1, 0.15) is 118 Å². The summed E-state index contributed by atoms with van der Waals surface area (Å²) >= 11 is 7.05. The quantitative estimate of drug-likeness (QED) is 0.391. The van der Waals surface area contributed by atoms with Crippen LogP contribution in [0.5, 0.6) is 0 Å². The van der Waals surface area contributed by atoms with Crippen molar-refractivity contribution >= 4 is 24.8 Å². The van der Waals surface area contributed by atoms with Crippen molar-refractivity contribution in [1.29, 1.82) is 0 Å². The van der Waals surface area contributed by atoms with Gasteiger partial charge in [0.25, 0.3) is 0 Å². The van der Waals surface area contributed by atoms with Gasteiger partial charge in [-0.1, -0.05) is 127 Å². The monoisotopic (exact) mass is 458 g/mol. The Hall–Kier alpha value is -0.840. The van der Waals surface area contributed by atoms with Crippen molar-refractivity contribution in [2.75, 3.05) is 0 Å². The molecule has 2 aromatic carbocycles. The van der Waals surface area contributed by atoms with Crippen molar-refractivity contribution < 1.29 is 0 Å². The molecule has 0 aliphatic carbocycles. The Kier molecular flexibility index (Phi) is 8.15. The van der Waals surface area contributed by atoms with Crippen LogP contribution in [0.2, 0.25) is 5.02 Å². The third-order valence-electron chi connectivity index (χ3n) is 5.95. The molecule has 0 saturated carbocycles. The number of halogens is 1. The zero-order chi connectivity index (χ0) is 23.9. The van der Waals surface area contributed by atoms with Crippen molar-refractivity contribution in [2.24, 2.45) is 0 Å². The van der Waals surface area contributed by atoms with E-state index in [1.807, 2.05) is 0 Å². The lowest BCUT2D eigenvalue weighted by Crippen LogP contribution is -2.32. The molecular formula is C29H44ClP. The van der Waals surface area contributed by atoms with Gasteiger partial charge >= 0.3 is 0 Å². The number of rotatable bonds is 5. The molecule has 0 nitrogen and oxygen atoms in total. The molecule has 0 unspecified atom stereocenters. The van der Waals surface area contributed by atoms with E-state index in [9.17, 15) is 0 Å². The predicted octanol–water partition coefficient (Wildman–Crippen LogP) is 10.1.